The number of anilines is 2. The molecule has 7 rings (SSSR count). The molecule has 0 radical (unpaired) electrons. The maximum Gasteiger partial charge on any atom is 0.276 e. The molecule has 0 aliphatic carbocycles. The Morgan fingerprint density at radius 1 is 0.806 bits per heavy atom. The standard InChI is InChI=1S/C46H57N13O7S/c1-8-31-39(67-28(6)49-31)43(63)53-46-50-32-22-29(40(47)60)24-35(65-7)37(32)57(46)14-10-11-15-58-38-33(51-45(58)52-42(62)34-21-27(5)54-59(34)9-2)23-30(41(48)61)25-36(38)66-20-12-13-55-16-18-56(19-17-55)44(64)26(3)4/h10-11,21-26H,8-9,12-20H2,1-7H3,(H2,47,60)(H2,48,61)(H,50,53,63)(H,51,52,62)/b11-10+. The number of aryl methyl sites for hydroxylation is 4. The van der Waals surface area contributed by atoms with Crippen LogP contribution in [0.4, 0.5) is 11.9 Å². The van der Waals surface area contributed by atoms with Crippen molar-refractivity contribution in [1.82, 2.24) is 43.7 Å². The van der Waals surface area contributed by atoms with Crippen molar-refractivity contribution in [3.63, 3.8) is 0 Å². The maximum absolute atomic E-state index is 13.9. The number of benzene rings is 2. The predicted octanol–water partition coefficient (Wildman–Crippen LogP) is 4.77. The molecule has 354 valence electrons. The molecule has 0 bridgehead atoms. The second-order valence-electron chi connectivity index (χ2n) is 16.5. The molecule has 4 aromatic heterocycles. The highest BCUT2D eigenvalue weighted by Gasteiger charge is 2.26. The summed E-state index contributed by atoms with van der Waals surface area (Å²) < 4.78 is 17.3. The van der Waals surface area contributed by atoms with Crippen LogP contribution in [0.3, 0.4) is 0 Å². The van der Waals surface area contributed by atoms with Crippen LogP contribution in [0.15, 0.2) is 42.5 Å². The molecule has 0 spiro atoms. The number of fused-ring (bicyclic) bond motifs is 2. The summed E-state index contributed by atoms with van der Waals surface area (Å²) >= 11 is 1.29. The summed E-state index contributed by atoms with van der Waals surface area (Å²) in [5, 5.41) is 11.1. The SMILES string of the molecule is CCc1nc(C)sc1C(=O)Nc1nc2cc(C(N)=O)cc(OC)c2n1C/C=C/Cn1c(NC(=O)c2cc(C)nn2CC)nc2cc(C(N)=O)cc(OCCCN3CCN(C(=O)C(C)C)CC3)c21. The van der Waals surface area contributed by atoms with E-state index in [2.05, 4.69) is 25.6 Å². The van der Waals surface area contributed by atoms with Crippen LogP contribution in [0.5, 0.6) is 11.5 Å². The molecule has 1 aliphatic rings. The van der Waals surface area contributed by atoms with E-state index in [1.807, 2.05) is 51.7 Å². The van der Waals surface area contributed by atoms with Gasteiger partial charge in [0, 0.05) is 69.4 Å². The highest BCUT2D eigenvalue weighted by atomic mass is 32.1. The number of carbonyl (C=O) groups is 5. The van der Waals surface area contributed by atoms with Crippen LogP contribution in [0.25, 0.3) is 22.1 Å². The fourth-order valence-electron chi connectivity index (χ4n) is 8.12. The summed E-state index contributed by atoms with van der Waals surface area (Å²) in [7, 11) is 1.47. The Morgan fingerprint density at radius 3 is 1.94 bits per heavy atom. The predicted molar refractivity (Wildman–Crippen MR) is 255 cm³/mol. The van der Waals surface area contributed by atoms with Gasteiger partial charge in [-0.25, -0.2) is 15.0 Å². The molecule has 2 aromatic carbocycles. The number of primary amides is 2. The molecule has 0 atom stereocenters. The third kappa shape index (κ3) is 10.5. The Hall–Kier alpha value is -7.13. The normalized spacial score (nSPS) is 13.3. The van der Waals surface area contributed by atoms with Crippen molar-refractivity contribution in [3.05, 3.63) is 80.6 Å². The minimum Gasteiger partial charge on any atom is -0.494 e. The lowest BCUT2D eigenvalue weighted by atomic mass is 10.1. The smallest absolute Gasteiger partial charge is 0.276 e. The first kappa shape index (κ1) is 47.8. The number of rotatable bonds is 19. The molecule has 20 nitrogen and oxygen atoms in total. The molecule has 1 saturated heterocycles. The van der Waals surface area contributed by atoms with Gasteiger partial charge in [-0.1, -0.05) is 32.9 Å². The fourth-order valence-corrected chi connectivity index (χ4v) is 9.03. The van der Waals surface area contributed by atoms with Crippen molar-refractivity contribution in [2.75, 3.05) is 57.1 Å². The zero-order chi connectivity index (χ0) is 48.1. The molecule has 5 heterocycles. The molecule has 21 heteroatoms. The van der Waals surface area contributed by atoms with Crippen LogP contribution >= 0.6 is 11.3 Å². The number of nitrogens with zero attached hydrogens (tertiary/aromatic N) is 9. The van der Waals surface area contributed by atoms with Crippen LogP contribution in [-0.4, -0.2) is 120 Å². The van der Waals surface area contributed by atoms with Gasteiger partial charge in [0.05, 0.1) is 41.1 Å². The number of nitrogens with one attached hydrogen (secondary N) is 2. The number of imidazole rings is 2. The summed E-state index contributed by atoms with van der Waals surface area (Å²) in [5.74, 6) is -1.01. The number of aromatic nitrogens is 7. The Kier molecular flexibility index (Phi) is 14.7. The highest BCUT2D eigenvalue weighted by molar-refractivity contribution is 7.13. The molecule has 5 amide bonds. The van der Waals surface area contributed by atoms with Crippen molar-refractivity contribution >= 4 is 74.8 Å². The van der Waals surface area contributed by atoms with Crippen LogP contribution in [0.2, 0.25) is 0 Å². The van der Waals surface area contributed by atoms with Gasteiger partial charge >= 0.3 is 0 Å². The quantitative estimate of drug-likeness (QED) is 0.0633. The van der Waals surface area contributed by atoms with Gasteiger partial charge in [-0.2, -0.15) is 5.10 Å². The van der Waals surface area contributed by atoms with Gasteiger partial charge in [0.2, 0.25) is 29.6 Å². The highest BCUT2D eigenvalue weighted by Crippen LogP contribution is 2.33. The van der Waals surface area contributed by atoms with E-state index in [0.29, 0.717) is 94.6 Å². The molecule has 0 saturated carbocycles. The summed E-state index contributed by atoms with van der Waals surface area (Å²) in [6.45, 7) is 16.0. The van der Waals surface area contributed by atoms with Crippen LogP contribution in [0.1, 0.15) is 91.4 Å². The summed E-state index contributed by atoms with van der Waals surface area (Å²) in [5.41, 5.74) is 15.3. The van der Waals surface area contributed by atoms with E-state index in [1.165, 1.54) is 24.5 Å². The van der Waals surface area contributed by atoms with Crippen molar-refractivity contribution in [2.45, 2.75) is 74.0 Å². The van der Waals surface area contributed by atoms with E-state index in [0.717, 1.165) is 24.6 Å². The van der Waals surface area contributed by atoms with E-state index in [1.54, 1.807) is 45.0 Å². The van der Waals surface area contributed by atoms with Gasteiger partial charge < -0.3 is 35.0 Å². The van der Waals surface area contributed by atoms with E-state index >= 15 is 0 Å². The number of allylic oxidation sites excluding steroid dienone is 2. The van der Waals surface area contributed by atoms with Crippen LogP contribution in [-0.2, 0) is 30.8 Å². The third-order valence-corrected chi connectivity index (χ3v) is 12.4. The number of hydrogen-bond acceptors (Lipinski definition) is 13. The number of hydrogen-bond donors (Lipinski definition) is 4. The number of thiazole rings is 1. The van der Waals surface area contributed by atoms with Gasteiger partial charge in [-0.05, 0) is 63.9 Å². The average Bonchev–Trinajstić information content (AvgIpc) is 4.07. The fraction of sp³-hybridized carbons (Fsp3) is 0.413. The minimum absolute atomic E-state index is 0.0455. The lowest BCUT2D eigenvalue weighted by Gasteiger charge is -2.35. The van der Waals surface area contributed by atoms with Crippen LogP contribution in [0, 0.1) is 19.8 Å². The van der Waals surface area contributed by atoms with E-state index in [4.69, 9.17) is 30.9 Å². The molecule has 0 unspecified atom stereocenters. The first-order valence-electron chi connectivity index (χ1n) is 22.2. The third-order valence-electron chi connectivity index (χ3n) is 11.4. The van der Waals surface area contributed by atoms with Crippen molar-refractivity contribution in [1.29, 1.82) is 0 Å². The number of methoxy groups -OCH3 is 1. The van der Waals surface area contributed by atoms with Gasteiger partial charge in [-0.3, -0.25) is 44.2 Å². The summed E-state index contributed by atoms with van der Waals surface area (Å²) in [4.78, 5) is 83.8. The maximum atomic E-state index is 13.9. The monoisotopic (exact) mass is 935 g/mol. The molecular weight excluding hydrogens is 879 g/mol. The van der Waals surface area contributed by atoms with Gasteiger partial charge in [0.25, 0.3) is 11.8 Å². The largest absolute Gasteiger partial charge is 0.494 e. The van der Waals surface area contributed by atoms with Gasteiger partial charge in [0.1, 0.15) is 33.1 Å². The lowest BCUT2D eigenvalue weighted by molar-refractivity contribution is -0.136. The molecule has 6 N–H and O–H groups in total. The zero-order valence-electron chi connectivity index (χ0n) is 38.8. The second-order valence-corrected chi connectivity index (χ2v) is 17.7. The van der Waals surface area contributed by atoms with E-state index in [9.17, 15) is 24.0 Å². The van der Waals surface area contributed by atoms with E-state index < -0.39 is 17.7 Å². The Labute approximate surface area is 391 Å². The number of amides is 5. The summed E-state index contributed by atoms with van der Waals surface area (Å²) in [6.07, 6.45) is 4.93. The van der Waals surface area contributed by atoms with Crippen molar-refractivity contribution in [2.24, 2.45) is 17.4 Å². The molecular formula is C46H57N13O7S. The topological polar surface area (TPSA) is 253 Å². The number of carbonyl (C=O) groups excluding carboxylic acids is 5. The average molecular weight is 936 g/mol. The van der Waals surface area contributed by atoms with Crippen molar-refractivity contribution in [3.8, 4) is 11.5 Å². The van der Waals surface area contributed by atoms with Gasteiger partial charge in [0.15, 0.2) is 0 Å². The number of piperazine rings is 1. The first-order chi connectivity index (χ1) is 32.1. The Balaban J connectivity index is 1.21. The molecule has 67 heavy (non-hydrogen) atoms. The Morgan fingerprint density at radius 2 is 1.39 bits per heavy atom. The second kappa shape index (κ2) is 20.6. The molecule has 1 fully saturated rings. The summed E-state index contributed by atoms with van der Waals surface area (Å²) in [6, 6.07) is 7.90. The lowest BCUT2D eigenvalue weighted by Crippen LogP contribution is -2.50. The van der Waals surface area contributed by atoms with Gasteiger partial charge in [-0.15, -0.1) is 11.3 Å². The Bertz CT molecular complexity index is 2880. The zero-order valence-corrected chi connectivity index (χ0v) is 39.7. The number of nitrogens with two attached hydrogens (primary N) is 2. The van der Waals surface area contributed by atoms with E-state index in [-0.39, 0.29) is 53.8 Å². The van der Waals surface area contributed by atoms with Crippen LogP contribution < -0.4 is 31.6 Å². The van der Waals surface area contributed by atoms with Crippen molar-refractivity contribution < 1.29 is 33.4 Å². The molecule has 1 aliphatic heterocycles. The number of ether oxygens (including phenoxy) is 2. The minimum atomic E-state index is -0.673. The molecule has 6 aromatic rings. The first-order valence-corrected chi connectivity index (χ1v) is 23.1.